The summed E-state index contributed by atoms with van der Waals surface area (Å²) in [7, 11) is 14.1. The molecule has 20 heavy (non-hydrogen) atoms. The van der Waals surface area contributed by atoms with Gasteiger partial charge in [-0.2, -0.15) is 0 Å². The SMILES string of the molecule is CN(Cc1ccccc1)Cc1ccccc1[CH]=[Ru]([Cl])[Cl]. The van der Waals surface area contributed by atoms with E-state index in [0.717, 1.165) is 18.7 Å². The molecular weight excluding hydrogens is 378 g/mol. The minimum atomic E-state index is -1.78. The summed E-state index contributed by atoms with van der Waals surface area (Å²) in [5.74, 6) is 0. The quantitative estimate of drug-likeness (QED) is 0.679. The molecule has 1 nitrogen and oxygen atoms in total. The van der Waals surface area contributed by atoms with E-state index in [9.17, 15) is 0 Å². The van der Waals surface area contributed by atoms with Gasteiger partial charge in [-0.1, -0.05) is 0 Å². The van der Waals surface area contributed by atoms with Gasteiger partial charge in [0, 0.05) is 0 Å². The average Bonchev–Trinajstić information content (AvgIpc) is 2.41. The van der Waals surface area contributed by atoms with Gasteiger partial charge in [0.2, 0.25) is 0 Å². The molecule has 2 aromatic carbocycles. The van der Waals surface area contributed by atoms with Gasteiger partial charge in [0.15, 0.2) is 0 Å². The summed E-state index contributed by atoms with van der Waals surface area (Å²) < 4.78 is 2.01. The van der Waals surface area contributed by atoms with E-state index in [0.29, 0.717) is 0 Å². The van der Waals surface area contributed by atoms with Gasteiger partial charge >= 0.3 is 134 Å². The fourth-order valence-corrected chi connectivity index (χ4v) is 3.98. The van der Waals surface area contributed by atoms with Crippen LogP contribution in [-0.2, 0) is 26.6 Å². The number of hydrogen-bond donors (Lipinski definition) is 0. The van der Waals surface area contributed by atoms with E-state index in [4.69, 9.17) is 19.4 Å². The van der Waals surface area contributed by atoms with Gasteiger partial charge in [0.1, 0.15) is 0 Å². The van der Waals surface area contributed by atoms with Gasteiger partial charge in [0.05, 0.1) is 0 Å². The first-order chi connectivity index (χ1) is 9.65. The second kappa shape index (κ2) is 8.05. The van der Waals surface area contributed by atoms with Gasteiger partial charge in [-0.3, -0.25) is 0 Å². The monoisotopic (exact) mass is 395 g/mol. The zero-order valence-corrected chi connectivity index (χ0v) is 14.5. The summed E-state index contributed by atoms with van der Waals surface area (Å²) in [4.78, 5) is 2.29. The average molecular weight is 395 g/mol. The third kappa shape index (κ3) is 5.11. The van der Waals surface area contributed by atoms with Crippen molar-refractivity contribution < 1.29 is 13.5 Å². The molecule has 2 rings (SSSR count). The van der Waals surface area contributed by atoms with Crippen LogP contribution in [0.1, 0.15) is 16.7 Å². The van der Waals surface area contributed by atoms with Gasteiger partial charge in [-0.25, -0.2) is 0 Å². The first-order valence-electron chi connectivity index (χ1n) is 6.28. The Morgan fingerprint density at radius 2 is 1.60 bits per heavy atom. The fraction of sp³-hybridized carbons (Fsp3) is 0.188. The van der Waals surface area contributed by atoms with E-state index in [1.807, 2.05) is 16.7 Å². The summed E-state index contributed by atoms with van der Waals surface area (Å²) in [6.45, 7) is 1.81. The Hall–Kier alpha value is -0.527. The molecule has 0 saturated heterocycles. The Morgan fingerprint density at radius 1 is 0.950 bits per heavy atom. The third-order valence-electron chi connectivity index (χ3n) is 2.98. The molecule has 0 aliphatic heterocycles. The van der Waals surface area contributed by atoms with Crippen molar-refractivity contribution in [2.75, 3.05) is 7.05 Å². The molecule has 108 valence electrons. The molecule has 0 unspecified atom stereocenters. The van der Waals surface area contributed by atoms with Crippen molar-refractivity contribution in [1.29, 1.82) is 0 Å². The standard InChI is InChI=1S/C16H17N.2ClH.Ru/c1-14-8-6-7-11-16(14)13-17(2)12-15-9-4-3-5-10-15;;;/h1,3-11H,12-13H2,2H3;2*1H;/q;;;+2/p-2. The third-order valence-corrected chi connectivity index (χ3v) is 4.81. The van der Waals surface area contributed by atoms with E-state index < -0.39 is 13.5 Å². The first-order valence-corrected chi connectivity index (χ1v) is 11.8. The Kier molecular flexibility index (Phi) is 6.38. The molecule has 0 bridgehead atoms. The molecule has 0 saturated carbocycles. The van der Waals surface area contributed by atoms with Crippen molar-refractivity contribution >= 4 is 24.0 Å². The molecule has 0 N–H and O–H groups in total. The van der Waals surface area contributed by atoms with Crippen LogP contribution in [0.4, 0.5) is 0 Å². The van der Waals surface area contributed by atoms with E-state index in [1.165, 1.54) is 11.1 Å². The second-order valence-electron chi connectivity index (χ2n) is 4.66. The van der Waals surface area contributed by atoms with Crippen LogP contribution < -0.4 is 0 Å². The number of rotatable bonds is 5. The minimum absolute atomic E-state index is 0.886. The Bertz CT molecular complexity index is 580. The number of hydrogen-bond acceptors (Lipinski definition) is 1. The predicted octanol–water partition coefficient (Wildman–Crippen LogP) is 4.39. The molecule has 0 amide bonds. The van der Waals surface area contributed by atoms with Crippen LogP contribution in [0, 0.1) is 0 Å². The van der Waals surface area contributed by atoms with Crippen LogP contribution in [0.25, 0.3) is 0 Å². The van der Waals surface area contributed by atoms with E-state index in [-0.39, 0.29) is 0 Å². The van der Waals surface area contributed by atoms with Crippen molar-refractivity contribution in [1.82, 2.24) is 4.90 Å². The Morgan fingerprint density at radius 3 is 2.30 bits per heavy atom. The maximum atomic E-state index is 5.99. The molecule has 0 aliphatic rings. The van der Waals surface area contributed by atoms with E-state index >= 15 is 0 Å². The molecule has 0 radical (unpaired) electrons. The Balaban J connectivity index is 2.08. The first kappa shape index (κ1) is 15.9. The second-order valence-corrected chi connectivity index (χ2v) is 10.4. The molecule has 0 spiro atoms. The summed E-state index contributed by atoms with van der Waals surface area (Å²) in [5, 5.41) is 0. The molecule has 0 aliphatic carbocycles. The normalized spacial score (nSPS) is 11.5. The summed E-state index contributed by atoms with van der Waals surface area (Å²) >= 11 is -1.78. The van der Waals surface area contributed by atoms with Crippen molar-refractivity contribution in [3.05, 3.63) is 71.3 Å². The van der Waals surface area contributed by atoms with Crippen LogP contribution in [0.2, 0.25) is 0 Å². The van der Waals surface area contributed by atoms with Gasteiger partial charge < -0.3 is 0 Å². The fourth-order valence-electron chi connectivity index (χ4n) is 2.10. The van der Waals surface area contributed by atoms with E-state index in [1.54, 1.807) is 0 Å². The molecular formula is C16H17Cl2NRu. The maximum absolute atomic E-state index is 5.99. The number of benzene rings is 2. The molecule has 0 heterocycles. The van der Waals surface area contributed by atoms with Gasteiger partial charge in [0.25, 0.3) is 0 Å². The molecule has 0 aromatic heterocycles. The van der Waals surface area contributed by atoms with Crippen molar-refractivity contribution in [3.63, 3.8) is 0 Å². The van der Waals surface area contributed by atoms with Crippen LogP contribution >= 0.6 is 19.4 Å². The van der Waals surface area contributed by atoms with Crippen molar-refractivity contribution in [3.8, 4) is 0 Å². The summed E-state index contributed by atoms with van der Waals surface area (Å²) in [5.41, 5.74) is 3.75. The van der Waals surface area contributed by atoms with Crippen molar-refractivity contribution in [2.45, 2.75) is 13.1 Å². The number of nitrogens with zero attached hydrogens (tertiary/aromatic N) is 1. The zero-order chi connectivity index (χ0) is 14.4. The van der Waals surface area contributed by atoms with E-state index in [2.05, 4.69) is 54.4 Å². The Labute approximate surface area is 133 Å². The molecule has 0 fully saturated rings. The number of halogens is 2. The zero-order valence-electron chi connectivity index (χ0n) is 11.2. The van der Waals surface area contributed by atoms with Crippen LogP contribution in [0.5, 0.6) is 0 Å². The van der Waals surface area contributed by atoms with Gasteiger partial charge in [-0.15, -0.1) is 0 Å². The van der Waals surface area contributed by atoms with Crippen LogP contribution in [-0.4, -0.2) is 16.6 Å². The van der Waals surface area contributed by atoms with Gasteiger partial charge in [-0.05, 0) is 0 Å². The summed E-state index contributed by atoms with van der Waals surface area (Å²) in [6.07, 6.45) is 0. The predicted molar refractivity (Wildman–Crippen MR) is 84.9 cm³/mol. The van der Waals surface area contributed by atoms with Crippen molar-refractivity contribution in [2.24, 2.45) is 0 Å². The molecule has 2 aromatic rings. The van der Waals surface area contributed by atoms with Crippen LogP contribution in [0.15, 0.2) is 54.6 Å². The molecule has 0 atom stereocenters. The topological polar surface area (TPSA) is 3.24 Å². The molecule has 4 heteroatoms. The summed E-state index contributed by atoms with van der Waals surface area (Å²) in [6, 6.07) is 18.8. The van der Waals surface area contributed by atoms with Crippen LogP contribution in [0.3, 0.4) is 0 Å².